The summed E-state index contributed by atoms with van der Waals surface area (Å²) < 4.78 is 5.20. The molecule has 1 atom stereocenters. The molecule has 0 aromatic carbocycles. The molecule has 0 aromatic heterocycles. The molecule has 110 valence electrons. The first-order valence-corrected chi connectivity index (χ1v) is 7.75. The zero-order valence-electron chi connectivity index (χ0n) is 12.5. The Balaban J connectivity index is 2.07. The van der Waals surface area contributed by atoms with Gasteiger partial charge in [0.05, 0.1) is 13.0 Å². The summed E-state index contributed by atoms with van der Waals surface area (Å²) in [4.78, 5) is 16.9. The normalized spacial score (nSPS) is 30.2. The third-order valence-electron chi connectivity index (χ3n) is 4.58. The van der Waals surface area contributed by atoms with Crippen LogP contribution in [0.1, 0.15) is 45.4 Å². The molecule has 1 unspecified atom stereocenters. The van der Waals surface area contributed by atoms with Gasteiger partial charge in [0.15, 0.2) is 0 Å². The van der Waals surface area contributed by atoms with Crippen LogP contribution in [-0.2, 0) is 9.53 Å². The van der Waals surface area contributed by atoms with Gasteiger partial charge in [0.25, 0.3) is 0 Å². The zero-order valence-corrected chi connectivity index (χ0v) is 12.5. The van der Waals surface area contributed by atoms with Crippen molar-refractivity contribution >= 4 is 5.97 Å². The Kier molecular flexibility index (Phi) is 5.22. The van der Waals surface area contributed by atoms with Crippen molar-refractivity contribution in [2.75, 3.05) is 39.8 Å². The van der Waals surface area contributed by atoms with Gasteiger partial charge in [0.1, 0.15) is 0 Å². The molecule has 0 aliphatic carbocycles. The maximum Gasteiger partial charge on any atom is 0.307 e. The molecule has 0 N–H and O–H groups in total. The van der Waals surface area contributed by atoms with Crippen molar-refractivity contribution < 1.29 is 9.53 Å². The van der Waals surface area contributed by atoms with E-state index in [4.69, 9.17) is 4.74 Å². The lowest BCUT2D eigenvalue weighted by Gasteiger charge is -2.40. The zero-order chi connectivity index (χ0) is 13.7. The van der Waals surface area contributed by atoms with Gasteiger partial charge < -0.3 is 9.64 Å². The predicted molar refractivity (Wildman–Crippen MR) is 76.1 cm³/mol. The molecule has 19 heavy (non-hydrogen) atoms. The smallest absolute Gasteiger partial charge is 0.307 e. The number of hydrogen-bond donors (Lipinski definition) is 0. The first-order valence-electron chi connectivity index (χ1n) is 7.75. The molecule has 2 fully saturated rings. The molecule has 0 bridgehead atoms. The number of likely N-dealkylation sites (N-methyl/N-ethyl adjacent to an activating group) is 1. The molecule has 2 heterocycles. The van der Waals surface area contributed by atoms with E-state index in [9.17, 15) is 4.79 Å². The van der Waals surface area contributed by atoms with E-state index in [-0.39, 0.29) is 11.5 Å². The van der Waals surface area contributed by atoms with Gasteiger partial charge in [-0.3, -0.25) is 9.69 Å². The van der Waals surface area contributed by atoms with Gasteiger partial charge in [0, 0.05) is 12.1 Å². The van der Waals surface area contributed by atoms with E-state index in [0.29, 0.717) is 13.0 Å². The molecule has 2 aliphatic rings. The van der Waals surface area contributed by atoms with Gasteiger partial charge in [-0.25, -0.2) is 0 Å². The number of ether oxygens (including phenoxy) is 1. The first kappa shape index (κ1) is 14.8. The third-order valence-corrected chi connectivity index (χ3v) is 4.58. The summed E-state index contributed by atoms with van der Waals surface area (Å²) in [5, 5.41) is 0. The molecule has 0 spiro atoms. The highest BCUT2D eigenvalue weighted by Crippen LogP contribution is 2.33. The number of nitrogens with zero attached hydrogens (tertiary/aromatic N) is 2. The van der Waals surface area contributed by atoms with Gasteiger partial charge >= 0.3 is 5.97 Å². The number of hydrogen-bond acceptors (Lipinski definition) is 4. The van der Waals surface area contributed by atoms with Crippen LogP contribution in [0.5, 0.6) is 0 Å². The highest BCUT2D eigenvalue weighted by molar-refractivity contribution is 5.71. The Morgan fingerprint density at radius 2 is 1.84 bits per heavy atom. The van der Waals surface area contributed by atoms with E-state index < -0.39 is 0 Å². The van der Waals surface area contributed by atoms with Crippen molar-refractivity contribution in [2.45, 2.75) is 51.0 Å². The van der Waals surface area contributed by atoms with Crippen LogP contribution in [0, 0.1) is 0 Å². The van der Waals surface area contributed by atoms with Crippen LogP contribution in [0.2, 0.25) is 0 Å². The van der Waals surface area contributed by atoms with Crippen LogP contribution >= 0.6 is 0 Å². The second-order valence-electron chi connectivity index (χ2n) is 6.10. The number of likely N-dealkylation sites (tertiary alicyclic amines) is 2. The van der Waals surface area contributed by atoms with Crippen LogP contribution in [0.4, 0.5) is 0 Å². The average molecular weight is 268 g/mol. The number of carbonyl (C=O) groups excluding carboxylic acids is 1. The lowest BCUT2D eigenvalue weighted by atomic mass is 9.91. The van der Waals surface area contributed by atoms with Crippen molar-refractivity contribution in [3.63, 3.8) is 0 Å². The Bertz CT molecular complexity index is 301. The fraction of sp³-hybridized carbons (Fsp3) is 0.933. The lowest BCUT2D eigenvalue weighted by molar-refractivity contribution is -0.146. The highest BCUT2D eigenvalue weighted by Gasteiger charge is 2.43. The first-order chi connectivity index (χ1) is 9.16. The number of rotatable bonds is 4. The molecule has 2 aliphatic heterocycles. The molecular weight excluding hydrogens is 240 g/mol. The van der Waals surface area contributed by atoms with Gasteiger partial charge in [-0.15, -0.1) is 0 Å². The van der Waals surface area contributed by atoms with E-state index in [0.717, 1.165) is 32.6 Å². The molecule has 0 radical (unpaired) electrons. The van der Waals surface area contributed by atoms with Crippen molar-refractivity contribution in [2.24, 2.45) is 0 Å². The van der Waals surface area contributed by atoms with Gasteiger partial charge in [-0.2, -0.15) is 0 Å². The quantitative estimate of drug-likeness (QED) is 0.729. The highest BCUT2D eigenvalue weighted by atomic mass is 16.5. The molecule has 2 rings (SSSR count). The average Bonchev–Trinajstić information content (AvgIpc) is 2.61. The summed E-state index contributed by atoms with van der Waals surface area (Å²) >= 11 is 0. The number of carbonyl (C=O) groups is 1. The summed E-state index contributed by atoms with van der Waals surface area (Å²) in [6.07, 6.45) is 6.87. The maximum atomic E-state index is 12.0. The largest absolute Gasteiger partial charge is 0.466 e. The van der Waals surface area contributed by atoms with Gasteiger partial charge in [0.2, 0.25) is 0 Å². The molecule has 0 amide bonds. The fourth-order valence-corrected chi connectivity index (χ4v) is 3.60. The van der Waals surface area contributed by atoms with Crippen molar-refractivity contribution in [3.8, 4) is 0 Å². The molecule has 4 nitrogen and oxygen atoms in total. The van der Waals surface area contributed by atoms with Gasteiger partial charge in [-0.05, 0) is 52.9 Å². The topological polar surface area (TPSA) is 32.8 Å². The van der Waals surface area contributed by atoms with Crippen LogP contribution < -0.4 is 0 Å². The summed E-state index contributed by atoms with van der Waals surface area (Å²) in [5.41, 5.74) is 0.0331. The SMILES string of the molecule is CCOC(=O)CC1(N2CCCCCC2)CCN(C)C1. The summed E-state index contributed by atoms with van der Waals surface area (Å²) in [6, 6.07) is 0. The molecule has 0 saturated carbocycles. The second-order valence-corrected chi connectivity index (χ2v) is 6.10. The van der Waals surface area contributed by atoms with Gasteiger partial charge in [-0.1, -0.05) is 12.8 Å². The minimum Gasteiger partial charge on any atom is -0.466 e. The third kappa shape index (κ3) is 3.69. The minimum absolute atomic E-state index is 0.0259. The molecule has 0 aromatic rings. The minimum atomic E-state index is -0.0259. The van der Waals surface area contributed by atoms with Crippen molar-refractivity contribution in [1.82, 2.24) is 9.80 Å². The van der Waals surface area contributed by atoms with Crippen LogP contribution in [0.25, 0.3) is 0 Å². The van der Waals surface area contributed by atoms with Crippen molar-refractivity contribution in [3.05, 3.63) is 0 Å². The molecule has 2 saturated heterocycles. The van der Waals surface area contributed by atoms with Crippen LogP contribution in [0.3, 0.4) is 0 Å². The van der Waals surface area contributed by atoms with Crippen LogP contribution in [-0.4, -0.2) is 61.1 Å². The fourth-order valence-electron chi connectivity index (χ4n) is 3.60. The van der Waals surface area contributed by atoms with Crippen molar-refractivity contribution in [1.29, 1.82) is 0 Å². The Labute approximate surface area is 117 Å². The standard InChI is InChI=1S/C15H28N2O2/c1-3-19-14(18)12-15(8-11-16(2)13-15)17-9-6-4-5-7-10-17/h3-13H2,1-2H3. The molecule has 4 heteroatoms. The Morgan fingerprint density at radius 3 is 2.37 bits per heavy atom. The van der Waals surface area contributed by atoms with E-state index in [1.54, 1.807) is 0 Å². The van der Waals surface area contributed by atoms with Crippen LogP contribution in [0.15, 0.2) is 0 Å². The lowest BCUT2D eigenvalue weighted by Crippen LogP contribution is -2.52. The monoisotopic (exact) mass is 268 g/mol. The number of esters is 1. The van der Waals surface area contributed by atoms with E-state index in [2.05, 4.69) is 16.8 Å². The second kappa shape index (κ2) is 6.71. The predicted octanol–water partition coefficient (Wildman–Crippen LogP) is 1.89. The summed E-state index contributed by atoms with van der Waals surface area (Å²) in [7, 11) is 2.16. The Hall–Kier alpha value is -0.610. The maximum absolute atomic E-state index is 12.0. The summed E-state index contributed by atoms with van der Waals surface area (Å²) in [5.74, 6) is -0.0259. The van der Waals surface area contributed by atoms with E-state index >= 15 is 0 Å². The van der Waals surface area contributed by atoms with E-state index in [1.165, 1.54) is 25.7 Å². The van der Waals surface area contributed by atoms with E-state index in [1.807, 2.05) is 6.92 Å². The Morgan fingerprint density at radius 1 is 1.16 bits per heavy atom. The molecular formula is C15H28N2O2. The summed E-state index contributed by atoms with van der Waals surface area (Å²) in [6.45, 7) is 6.77.